The van der Waals surface area contributed by atoms with Gasteiger partial charge >= 0.3 is 0 Å². The topological polar surface area (TPSA) is 92.1 Å². The third kappa shape index (κ3) is 3.07. The fraction of sp³-hybridized carbons (Fsp3) is 0.312. The van der Waals surface area contributed by atoms with Crippen LogP contribution in [0.3, 0.4) is 0 Å². The van der Waals surface area contributed by atoms with E-state index in [9.17, 15) is 9.59 Å². The molecule has 1 fully saturated rings. The number of aromatic nitrogens is 2. The van der Waals surface area contributed by atoms with Crippen LogP contribution < -0.4 is 5.73 Å². The summed E-state index contributed by atoms with van der Waals surface area (Å²) in [6.07, 6.45) is 1.55. The summed E-state index contributed by atoms with van der Waals surface area (Å²) in [5, 5.41) is 6.43. The number of carbonyl (C=O) groups excluding carboxylic acids is 2. The number of aromatic amines is 1. The number of nitrogens with zero attached hydrogens (tertiary/aromatic N) is 2. The van der Waals surface area contributed by atoms with Crippen molar-refractivity contribution in [3.63, 3.8) is 0 Å². The summed E-state index contributed by atoms with van der Waals surface area (Å²) in [7, 11) is 0. The van der Waals surface area contributed by atoms with E-state index >= 15 is 0 Å². The van der Waals surface area contributed by atoms with Gasteiger partial charge in [-0.2, -0.15) is 5.10 Å². The maximum absolute atomic E-state index is 12.6. The number of amides is 1. The first-order valence-electron chi connectivity index (χ1n) is 7.46. The smallest absolute Gasteiger partial charge is 0.273 e. The average Bonchev–Trinajstić information content (AvgIpc) is 2.93. The number of Topliss-reactive ketones (excluding diaryl/α,β-unsaturated/α-hetero) is 1. The van der Waals surface area contributed by atoms with Gasteiger partial charge < -0.3 is 10.6 Å². The van der Waals surface area contributed by atoms with E-state index in [2.05, 4.69) is 10.2 Å². The predicted octanol–water partition coefficient (Wildman–Crippen LogP) is 2.38. The number of nitrogen functional groups attached to an aromatic ring is 1. The number of nitrogens with one attached hydrogen (secondary N) is 1. The molecule has 1 aliphatic heterocycles. The Morgan fingerprint density at radius 2 is 2.04 bits per heavy atom. The van der Waals surface area contributed by atoms with Crippen LogP contribution in [0.4, 0.5) is 5.82 Å². The molecule has 1 aromatic carbocycles. The maximum Gasteiger partial charge on any atom is 0.273 e. The molecule has 3 N–H and O–H groups in total. The standard InChI is InChI=1S/C16H17ClN4O2/c17-12-13(19-20-15(12)18)16(23)21-8-4-7-11(9-21)14(22)10-5-2-1-3-6-10/h1-3,5-6,11H,4,7-9H2,(H3,18,19,20)/t11-/m0/s1. The number of halogens is 1. The van der Waals surface area contributed by atoms with E-state index in [1.165, 1.54) is 0 Å². The highest BCUT2D eigenvalue weighted by Gasteiger charge is 2.31. The Balaban J connectivity index is 1.75. The van der Waals surface area contributed by atoms with Crippen LogP contribution in [0.1, 0.15) is 33.7 Å². The van der Waals surface area contributed by atoms with Crippen molar-refractivity contribution in [3.05, 3.63) is 46.6 Å². The number of hydrogen-bond donors (Lipinski definition) is 2. The van der Waals surface area contributed by atoms with E-state index in [0.29, 0.717) is 18.7 Å². The Bertz CT molecular complexity index is 729. The number of ketones is 1. The molecule has 6 nitrogen and oxygen atoms in total. The van der Waals surface area contributed by atoms with Crippen LogP contribution in [0.25, 0.3) is 0 Å². The number of rotatable bonds is 3. The van der Waals surface area contributed by atoms with Crippen LogP contribution in [-0.4, -0.2) is 39.9 Å². The van der Waals surface area contributed by atoms with Crippen molar-refractivity contribution < 1.29 is 9.59 Å². The summed E-state index contributed by atoms with van der Waals surface area (Å²) in [5.74, 6) is -0.304. The lowest BCUT2D eigenvalue weighted by molar-refractivity contribution is 0.0632. The lowest BCUT2D eigenvalue weighted by atomic mass is 9.90. The van der Waals surface area contributed by atoms with Crippen LogP contribution in [0, 0.1) is 5.92 Å². The molecule has 0 bridgehead atoms. The van der Waals surface area contributed by atoms with Gasteiger partial charge in [-0.05, 0) is 12.8 Å². The second-order valence-electron chi connectivity index (χ2n) is 5.62. The molecule has 2 heterocycles. The highest BCUT2D eigenvalue weighted by molar-refractivity contribution is 6.35. The normalized spacial score (nSPS) is 18.0. The molecule has 1 aromatic heterocycles. The number of carbonyl (C=O) groups is 2. The molecule has 120 valence electrons. The number of H-pyrrole nitrogens is 1. The number of piperidine rings is 1. The average molecular weight is 333 g/mol. The van der Waals surface area contributed by atoms with Crippen molar-refractivity contribution in [2.75, 3.05) is 18.8 Å². The predicted molar refractivity (Wildman–Crippen MR) is 87.4 cm³/mol. The quantitative estimate of drug-likeness (QED) is 0.844. The van der Waals surface area contributed by atoms with Gasteiger partial charge in [0.2, 0.25) is 0 Å². The number of benzene rings is 1. The van der Waals surface area contributed by atoms with Crippen LogP contribution in [0.5, 0.6) is 0 Å². The summed E-state index contributed by atoms with van der Waals surface area (Å²) < 4.78 is 0. The Hall–Kier alpha value is -2.34. The molecule has 1 amide bonds. The first kappa shape index (κ1) is 15.6. The summed E-state index contributed by atoms with van der Waals surface area (Å²) in [4.78, 5) is 26.7. The molecular weight excluding hydrogens is 316 g/mol. The monoisotopic (exact) mass is 332 g/mol. The van der Waals surface area contributed by atoms with Gasteiger partial charge in [0.25, 0.3) is 5.91 Å². The number of anilines is 1. The molecule has 2 aromatic rings. The summed E-state index contributed by atoms with van der Waals surface area (Å²) in [6, 6.07) is 9.15. The van der Waals surface area contributed by atoms with Crippen molar-refractivity contribution in [2.45, 2.75) is 12.8 Å². The molecule has 0 unspecified atom stereocenters. The molecule has 3 rings (SSSR count). The zero-order chi connectivity index (χ0) is 16.4. The SMILES string of the molecule is Nc1n[nH]c(C(=O)N2CCC[C@H](C(=O)c3ccccc3)C2)c1Cl. The highest BCUT2D eigenvalue weighted by Crippen LogP contribution is 2.25. The molecule has 0 saturated carbocycles. The minimum atomic E-state index is -0.273. The molecule has 0 spiro atoms. The van der Waals surface area contributed by atoms with E-state index < -0.39 is 0 Å². The lowest BCUT2D eigenvalue weighted by Crippen LogP contribution is -2.42. The van der Waals surface area contributed by atoms with Crippen molar-refractivity contribution in [3.8, 4) is 0 Å². The van der Waals surface area contributed by atoms with Gasteiger partial charge in [-0.3, -0.25) is 14.7 Å². The van der Waals surface area contributed by atoms with Crippen molar-refractivity contribution in [1.29, 1.82) is 0 Å². The van der Waals surface area contributed by atoms with Crippen LogP contribution in [0.15, 0.2) is 30.3 Å². The van der Waals surface area contributed by atoms with Crippen molar-refractivity contribution in [2.24, 2.45) is 5.92 Å². The Morgan fingerprint density at radius 1 is 1.30 bits per heavy atom. The van der Waals surface area contributed by atoms with Gasteiger partial charge in [0.1, 0.15) is 10.7 Å². The lowest BCUT2D eigenvalue weighted by Gasteiger charge is -2.31. The molecular formula is C16H17ClN4O2. The Labute approximate surface area is 138 Å². The van der Waals surface area contributed by atoms with Gasteiger partial charge in [-0.1, -0.05) is 41.9 Å². The number of hydrogen-bond acceptors (Lipinski definition) is 4. The fourth-order valence-corrected chi connectivity index (χ4v) is 3.02. The first-order chi connectivity index (χ1) is 11.1. The summed E-state index contributed by atoms with van der Waals surface area (Å²) >= 11 is 5.98. The van der Waals surface area contributed by atoms with Gasteiger partial charge in [0.15, 0.2) is 11.6 Å². The zero-order valence-electron chi connectivity index (χ0n) is 12.5. The second-order valence-corrected chi connectivity index (χ2v) is 6.00. The Morgan fingerprint density at radius 3 is 2.70 bits per heavy atom. The van der Waals surface area contributed by atoms with E-state index in [0.717, 1.165) is 12.8 Å². The van der Waals surface area contributed by atoms with E-state index in [1.54, 1.807) is 17.0 Å². The van der Waals surface area contributed by atoms with Crippen molar-refractivity contribution in [1.82, 2.24) is 15.1 Å². The minimum absolute atomic E-state index is 0.0679. The minimum Gasteiger partial charge on any atom is -0.381 e. The number of likely N-dealkylation sites (tertiary alicyclic amines) is 1. The fourth-order valence-electron chi connectivity index (χ4n) is 2.86. The first-order valence-corrected chi connectivity index (χ1v) is 7.83. The van der Waals surface area contributed by atoms with E-state index in [4.69, 9.17) is 17.3 Å². The van der Waals surface area contributed by atoms with Gasteiger partial charge in [0, 0.05) is 24.6 Å². The second kappa shape index (κ2) is 6.42. The number of nitrogens with two attached hydrogens (primary N) is 1. The molecule has 0 aliphatic carbocycles. The van der Waals surface area contributed by atoms with Crippen LogP contribution >= 0.6 is 11.6 Å². The summed E-state index contributed by atoms with van der Waals surface area (Å²) in [5.41, 5.74) is 6.41. The molecule has 23 heavy (non-hydrogen) atoms. The van der Waals surface area contributed by atoms with Crippen LogP contribution in [-0.2, 0) is 0 Å². The molecule has 0 radical (unpaired) electrons. The van der Waals surface area contributed by atoms with Gasteiger partial charge in [0.05, 0.1) is 0 Å². The van der Waals surface area contributed by atoms with Crippen molar-refractivity contribution >= 4 is 29.1 Å². The highest BCUT2D eigenvalue weighted by atomic mass is 35.5. The molecule has 7 heteroatoms. The third-order valence-electron chi connectivity index (χ3n) is 4.08. The zero-order valence-corrected chi connectivity index (χ0v) is 13.2. The van der Waals surface area contributed by atoms with E-state index in [1.807, 2.05) is 18.2 Å². The largest absolute Gasteiger partial charge is 0.381 e. The van der Waals surface area contributed by atoms with Crippen LogP contribution in [0.2, 0.25) is 5.02 Å². The van der Waals surface area contributed by atoms with Gasteiger partial charge in [-0.15, -0.1) is 0 Å². The molecule has 1 aliphatic rings. The Kier molecular flexibility index (Phi) is 4.34. The van der Waals surface area contributed by atoms with Gasteiger partial charge in [-0.25, -0.2) is 0 Å². The molecule has 1 saturated heterocycles. The summed E-state index contributed by atoms with van der Waals surface area (Å²) in [6.45, 7) is 0.967. The maximum atomic E-state index is 12.6. The van der Waals surface area contributed by atoms with E-state index in [-0.39, 0.29) is 34.1 Å². The molecule has 1 atom stereocenters. The third-order valence-corrected chi connectivity index (χ3v) is 4.47.